The minimum Gasteiger partial charge on any atom is -0.345 e. The summed E-state index contributed by atoms with van der Waals surface area (Å²) in [7, 11) is 0. The van der Waals surface area contributed by atoms with Gasteiger partial charge in [0.25, 0.3) is 11.6 Å². The number of carbonyl (C=O) groups excluding carboxylic acids is 1. The molecule has 0 atom stereocenters. The van der Waals surface area contributed by atoms with Crippen LogP contribution in [-0.2, 0) is 0 Å². The summed E-state index contributed by atoms with van der Waals surface area (Å²) in [4.78, 5) is 31.3. The molecule has 0 spiro atoms. The summed E-state index contributed by atoms with van der Waals surface area (Å²) < 4.78 is 14.6. The van der Waals surface area contributed by atoms with E-state index in [0.29, 0.717) is 36.8 Å². The molecule has 1 aliphatic rings. The van der Waals surface area contributed by atoms with Crippen molar-refractivity contribution in [1.82, 2.24) is 9.88 Å². The first kappa shape index (κ1) is 17.3. The van der Waals surface area contributed by atoms with E-state index in [1.165, 1.54) is 29.5 Å². The van der Waals surface area contributed by atoms with E-state index in [-0.39, 0.29) is 23.0 Å². The van der Waals surface area contributed by atoms with E-state index >= 15 is 0 Å². The first-order valence-corrected chi connectivity index (χ1v) is 9.19. The van der Waals surface area contributed by atoms with Gasteiger partial charge in [0.05, 0.1) is 9.62 Å². The Kier molecular flexibility index (Phi) is 4.44. The Hall–Kier alpha value is -3.07. The zero-order valence-electron chi connectivity index (χ0n) is 14.2. The number of amides is 1. The van der Waals surface area contributed by atoms with E-state index in [1.54, 1.807) is 23.1 Å². The van der Waals surface area contributed by atoms with Gasteiger partial charge in [-0.25, -0.2) is 9.37 Å². The molecule has 27 heavy (non-hydrogen) atoms. The molecule has 0 aliphatic carbocycles. The molecule has 2 heterocycles. The van der Waals surface area contributed by atoms with Crippen molar-refractivity contribution in [2.24, 2.45) is 0 Å². The van der Waals surface area contributed by atoms with Crippen LogP contribution in [0, 0.1) is 15.9 Å². The third kappa shape index (κ3) is 3.21. The number of piperazine rings is 1. The number of halogens is 1. The standard InChI is InChI=1S/C18H15FN4O3S/c19-13-5-3-7-15-16(13)20-18(27-15)22-10-8-21(9-11-22)17(24)12-4-1-2-6-14(12)23(25)26/h1-7H,8-11H2. The fraction of sp³-hybridized carbons (Fsp3) is 0.222. The second-order valence-electron chi connectivity index (χ2n) is 6.14. The van der Waals surface area contributed by atoms with Gasteiger partial charge in [0, 0.05) is 32.2 Å². The van der Waals surface area contributed by atoms with Crippen molar-refractivity contribution in [3.63, 3.8) is 0 Å². The van der Waals surface area contributed by atoms with Crippen molar-refractivity contribution >= 4 is 38.3 Å². The van der Waals surface area contributed by atoms with Gasteiger partial charge in [0.15, 0.2) is 5.13 Å². The van der Waals surface area contributed by atoms with Crippen molar-refractivity contribution in [1.29, 1.82) is 0 Å². The van der Waals surface area contributed by atoms with Crippen LogP contribution in [0.25, 0.3) is 10.2 Å². The smallest absolute Gasteiger partial charge is 0.282 e. The second-order valence-corrected chi connectivity index (χ2v) is 7.15. The summed E-state index contributed by atoms with van der Waals surface area (Å²) in [5.74, 6) is -0.697. The molecule has 1 amide bonds. The maximum absolute atomic E-state index is 13.8. The average molecular weight is 386 g/mol. The molecule has 2 aromatic carbocycles. The maximum atomic E-state index is 13.8. The number of rotatable bonds is 3. The lowest BCUT2D eigenvalue weighted by Crippen LogP contribution is -2.48. The van der Waals surface area contributed by atoms with Crippen LogP contribution >= 0.6 is 11.3 Å². The van der Waals surface area contributed by atoms with Gasteiger partial charge in [-0.3, -0.25) is 14.9 Å². The molecule has 1 fully saturated rings. The van der Waals surface area contributed by atoms with Crippen molar-refractivity contribution in [3.8, 4) is 0 Å². The number of nitro groups is 1. The Morgan fingerprint density at radius 2 is 1.85 bits per heavy atom. The zero-order valence-corrected chi connectivity index (χ0v) is 15.0. The van der Waals surface area contributed by atoms with Crippen LogP contribution in [0.4, 0.5) is 15.2 Å². The second kappa shape index (κ2) is 6.92. The van der Waals surface area contributed by atoms with Crippen molar-refractivity contribution in [3.05, 3.63) is 64.0 Å². The molecule has 0 radical (unpaired) electrons. The normalized spacial score (nSPS) is 14.6. The summed E-state index contributed by atoms with van der Waals surface area (Å²) in [5, 5.41) is 11.9. The van der Waals surface area contributed by atoms with Crippen LogP contribution in [0.2, 0.25) is 0 Å². The molecule has 0 N–H and O–H groups in total. The fourth-order valence-corrected chi connectivity index (χ4v) is 4.16. The summed E-state index contributed by atoms with van der Waals surface area (Å²) >= 11 is 1.41. The summed E-state index contributed by atoms with van der Waals surface area (Å²) in [6, 6.07) is 10.8. The monoisotopic (exact) mass is 386 g/mol. The molecule has 3 aromatic rings. The lowest BCUT2D eigenvalue weighted by molar-refractivity contribution is -0.385. The molecule has 1 saturated heterocycles. The van der Waals surface area contributed by atoms with Crippen LogP contribution in [-0.4, -0.2) is 46.9 Å². The van der Waals surface area contributed by atoms with E-state index < -0.39 is 4.92 Å². The largest absolute Gasteiger partial charge is 0.345 e. The van der Waals surface area contributed by atoms with Crippen LogP contribution in [0.1, 0.15) is 10.4 Å². The summed E-state index contributed by atoms with van der Waals surface area (Å²) in [6.07, 6.45) is 0. The van der Waals surface area contributed by atoms with Gasteiger partial charge in [0.2, 0.25) is 0 Å². The Morgan fingerprint density at radius 3 is 2.56 bits per heavy atom. The SMILES string of the molecule is O=C(c1ccccc1[N+](=O)[O-])N1CCN(c2nc3c(F)cccc3s2)CC1. The molecular formula is C18H15FN4O3S. The number of hydrogen-bond acceptors (Lipinski definition) is 6. The van der Waals surface area contributed by atoms with E-state index in [1.807, 2.05) is 11.0 Å². The predicted octanol–water partition coefficient (Wildman–Crippen LogP) is 3.31. The number of nitrogens with zero attached hydrogens (tertiary/aromatic N) is 4. The highest BCUT2D eigenvalue weighted by molar-refractivity contribution is 7.22. The lowest BCUT2D eigenvalue weighted by atomic mass is 10.1. The van der Waals surface area contributed by atoms with Crippen molar-refractivity contribution in [2.75, 3.05) is 31.1 Å². The van der Waals surface area contributed by atoms with Gasteiger partial charge in [-0.05, 0) is 18.2 Å². The molecule has 1 aromatic heterocycles. The predicted molar refractivity (Wildman–Crippen MR) is 101 cm³/mol. The molecule has 1 aliphatic heterocycles. The number of aromatic nitrogens is 1. The van der Waals surface area contributed by atoms with Crippen molar-refractivity contribution < 1.29 is 14.1 Å². The van der Waals surface area contributed by atoms with Crippen LogP contribution in [0.15, 0.2) is 42.5 Å². The molecular weight excluding hydrogens is 371 g/mol. The Balaban J connectivity index is 1.49. The third-order valence-corrected chi connectivity index (χ3v) is 5.61. The third-order valence-electron chi connectivity index (χ3n) is 4.53. The van der Waals surface area contributed by atoms with Crippen molar-refractivity contribution in [2.45, 2.75) is 0 Å². The number of benzene rings is 2. The first-order chi connectivity index (χ1) is 13.0. The molecule has 0 saturated carbocycles. The first-order valence-electron chi connectivity index (χ1n) is 8.37. The highest BCUT2D eigenvalue weighted by Crippen LogP contribution is 2.31. The van der Waals surface area contributed by atoms with Gasteiger partial charge in [-0.15, -0.1) is 0 Å². The minimum absolute atomic E-state index is 0.0954. The molecule has 9 heteroatoms. The molecule has 0 bridgehead atoms. The van der Waals surface area contributed by atoms with E-state index in [2.05, 4.69) is 4.98 Å². The minimum atomic E-state index is -0.543. The molecule has 7 nitrogen and oxygen atoms in total. The Bertz CT molecular complexity index is 1030. The number of nitro benzene ring substituents is 1. The number of fused-ring (bicyclic) bond motifs is 1. The fourth-order valence-electron chi connectivity index (χ4n) is 3.12. The van der Waals surface area contributed by atoms with Crippen LogP contribution < -0.4 is 4.90 Å². The van der Waals surface area contributed by atoms with Gasteiger partial charge >= 0.3 is 0 Å². The Labute approximate surface area is 157 Å². The topological polar surface area (TPSA) is 79.6 Å². The summed E-state index contributed by atoms with van der Waals surface area (Å²) in [5.41, 5.74) is 0.264. The Morgan fingerprint density at radius 1 is 1.11 bits per heavy atom. The highest BCUT2D eigenvalue weighted by Gasteiger charge is 2.28. The van der Waals surface area contributed by atoms with E-state index in [0.717, 1.165) is 4.70 Å². The quantitative estimate of drug-likeness (QED) is 0.510. The van der Waals surface area contributed by atoms with Gasteiger partial charge in [0.1, 0.15) is 16.9 Å². The average Bonchev–Trinajstić information content (AvgIpc) is 3.13. The number of thiazole rings is 1. The van der Waals surface area contributed by atoms with Gasteiger partial charge in [-0.2, -0.15) is 0 Å². The molecule has 0 unspecified atom stereocenters. The number of anilines is 1. The van der Waals surface area contributed by atoms with E-state index in [9.17, 15) is 19.3 Å². The summed E-state index contributed by atoms with van der Waals surface area (Å²) in [6.45, 7) is 1.91. The zero-order chi connectivity index (χ0) is 19.0. The van der Waals surface area contributed by atoms with E-state index in [4.69, 9.17) is 0 Å². The van der Waals surface area contributed by atoms with Gasteiger partial charge < -0.3 is 9.80 Å². The molecule has 4 rings (SSSR count). The lowest BCUT2D eigenvalue weighted by Gasteiger charge is -2.34. The number of carbonyl (C=O) groups is 1. The van der Waals surface area contributed by atoms with Gasteiger partial charge in [-0.1, -0.05) is 29.5 Å². The highest BCUT2D eigenvalue weighted by atomic mass is 32.1. The van der Waals surface area contributed by atoms with Crippen LogP contribution in [0.3, 0.4) is 0 Å². The number of para-hydroxylation sites is 2. The maximum Gasteiger partial charge on any atom is 0.282 e. The van der Waals surface area contributed by atoms with Crippen LogP contribution in [0.5, 0.6) is 0 Å². The molecule has 138 valence electrons. The number of hydrogen-bond donors (Lipinski definition) is 0.